The van der Waals surface area contributed by atoms with Gasteiger partial charge in [-0.2, -0.15) is 9.40 Å². The number of sulfonamides is 1. The average Bonchev–Trinajstić information content (AvgIpc) is 3.29. The molecular weight excluding hydrogens is 412 g/mol. The van der Waals surface area contributed by atoms with Crippen LogP contribution >= 0.6 is 0 Å². The van der Waals surface area contributed by atoms with Crippen LogP contribution in [0.15, 0.2) is 84.1 Å². The number of pyridine rings is 1. The van der Waals surface area contributed by atoms with Crippen molar-refractivity contribution < 1.29 is 13.2 Å². The maximum Gasteiger partial charge on any atom is 0.245 e. The maximum atomic E-state index is 14.0. The van der Waals surface area contributed by atoms with Crippen LogP contribution in [0, 0.1) is 0 Å². The summed E-state index contributed by atoms with van der Waals surface area (Å²) in [6.45, 7) is 1.38. The molecule has 0 saturated heterocycles. The first-order chi connectivity index (χ1) is 15.1. The number of aromatic nitrogens is 3. The van der Waals surface area contributed by atoms with Crippen LogP contribution in [0.2, 0.25) is 0 Å². The molecule has 8 heteroatoms. The quantitative estimate of drug-likeness (QED) is 0.493. The van der Waals surface area contributed by atoms with Crippen LogP contribution in [0.5, 0.6) is 0 Å². The molecule has 2 aromatic heterocycles. The topological polar surface area (TPSA) is 77.3 Å². The number of rotatable bonds is 4. The van der Waals surface area contributed by atoms with E-state index >= 15 is 0 Å². The third-order valence-electron chi connectivity index (χ3n) is 5.56. The molecule has 0 amide bonds. The number of para-hydroxylation sites is 1. The van der Waals surface area contributed by atoms with Crippen molar-refractivity contribution in [3.05, 3.63) is 90.4 Å². The van der Waals surface area contributed by atoms with Crippen LogP contribution in [0.3, 0.4) is 0 Å². The van der Waals surface area contributed by atoms with E-state index in [1.165, 1.54) is 4.31 Å². The molecular formula is C23H22N4O3S. The molecule has 0 fully saturated rings. The van der Waals surface area contributed by atoms with Crippen molar-refractivity contribution in [3.8, 4) is 0 Å². The molecule has 1 atom stereocenters. The van der Waals surface area contributed by atoms with Crippen LogP contribution < -0.4 is 0 Å². The van der Waals surface area contributed by atoms with Crippen LogP contribution in [-0.2, 0) is 34.5 Å². The SMILES string of the molecule is O=S(=O)(c1cccc2cccnc12)N1Cc2ccccc2COC[C@H]1Cn1cccn1. The van der Waals surface area contributed by atoms with Crippen molar-refractivity contribution in [2.75, 3.05) is 6.61 Å². The summed E-state index contributed by atoms with van der Waals surface area (Å²) in [6, 6.07) is 18.1. The Balaban J connectivity index is 1.63. The summed E-state index contributed by atoms with van der Waals surface area (Å²) in [5, 5.41) is 5.06. The smallest absolute Gasteiger partial charge is 0.245 e. The minimum Gasteiger partial charge on any atom is -0.375 e. The second-order valence-corrected chi connectivity index (χ2v) is 9.41. The molecule has 0 radical (unpaired) electrons. The zero-order chi connectivity index (χ0) is 21.3. The van der Waals surface area contributed by atoms with E-state index < -0.39 is 16.1 Å². The zero-order valence-corrected chi connectivity index (χ0v) is 17.6. The number of hydrogen-bond acceptors (Lipinski definition) is 5. The molecule has 1 aliphatic rings. The van der Waals surface area contributed by atoms with Gasteiger partial charge < -0.3 is 4.74 Å². The van der Waals surface area contributed by atoms with E-state index in [9.17, 15) is 8.42 Å². The fourth-order valence-corrected chi connectivity index (χ4v) is 5.74. The Morgan fingerprint density at radius 2 is 1.81 bits per heavy atom. The molecule has 0 N–H and O–H groups in total. The van der Waals surface area contributed by atoms with Crippen molar-refractivity contribution >= 4 is 20.9 Å². The van der Waals surface area contributed by atoms with Gasteiger partial charge in [-0.25, -0.2) is 8.42 Å². The minimum absolute atomic E-state index is 0.203. The first kappa shape index (κ1) is 19.9. The van der Waals surface area contributed by atoms with E-state index in [0.717, 1.165) is 16.5 Å². The van der Waals surface area contributed by atoms with Gasteiger partial charge in [0.2, 0.25) is 10.0 Å². The Labute approximate surface area is 181 Å². The summed E-state index contributed by atoms with van der Waals surface area (Å²) in [6.07, 6.45) is 5.14. The van der Waals surface area contributed by atoms with Gasteiger partial charge in [-0.1, -0.05) is 42.5 Å². The van der Waals surface area contributed by atoms with Crippen molar-refractivity contribution in [1.29, 1.82) is 0 Å². The largest absolute Gasteiger partial charge is 0.375 e. The fourth-order valence-electron chi connectivity index (χ4n) is 4.00. The Morgan fingerprint density at radius 1 is 0.968 bits per heavy atom. The Morgan fingerprint density at radius 3 is 2.65 bits per heavy atom. The summed E-state index contributed by atoms with van der Waals surface area (Å²) in [5.74, 6) is 0. The molecule has 5 rings (SSSR count). The second kappa shape index (κ2) is 8.22. The Bertz CT molecular complexity index is 1300. The van der Waals surface area contributed by atoms with E-state index in [0.29, 0.717) is 18.7 Å². The number of nitrogens with zero attached hydrogens (tertiary/aromatic N) is 4. The lowest BCUT2D eigenvalue weighted by Crippen LogP contribution is -2.46. The lowest BCUT2D eigenvalue weighted by Gasteiger charge is -2.33. The molecule has 3 heterocycles. The predicted octanol–water partition coefficient (Wildman–Crippen LogP) is 3.22. The molecule has 1 aliphatic heterocycles. The van der Waals surface area contributed by atoms with Gasteiger partial charge in [0.1, 0.15) is 4.90 Å². The van der Waals surface area contributed by atoms with Gasteiger partial charge in [-0.3, -0.25) is 9.67 Å². The highest BCUT2D eigenvalue weighted by Gasteiger charge is 2.35. The summed E-state index contributed by atoms with van der Waals surface area (Å²) in [7, 11) is -3.87. The Hall–Kier alpha value is -3.07. The molecule has 0 bridgehead atoms. The van der Waals surface area contributed by atoms with Crippen LogP contribution in [0.1, 0.15) is 11.1 Å². The fraction of sp³-hybridized carbons (Fsp3) is 0.217. The van der Waals surface area contributed by atoms with Crippen LogP contribution in [-0.4, -0.2) is 40.1 Å². The summed E-state index contributed by atoms with van der Waals surface area (Å²) in [5.41, 5.74) is 2.40. The highest BCUT2D eigenvalue weighted by atomic mass is 32.2. The molecule has 0 spiro atoms. The van der Waals surface area contributed by atoms with Crippen molar-refractivity contribution in [2.24, 2.45) is 0 Å². The second-order valence-electron chi connectivity index (χ2n) is 7.55. The third kappa shape index (κ3) is 3.85. The van der Waals surface area contributed by atoms with Crippen molar-refractivity contribution in [2.45, 2.75) is 30.6 Å². The van der Waals surface area contributed by atoms with Gasteiger partial charge in [-0.05, 0) is 29.3 Å². The van der Waals surface area contributed by atoms with Crippen LogP contribution in [0.4, 0.5) is 0 Å². The lowest BCUT2D eigenvalue weighted by atomic mass is 10.1. The molecule has 0 unspecified atom stereocenters. The number of ether oxygens (including phenoxy) is 1. The molecule has 2 aromatic carbocycles. The maximum absolute atomic E-state index is 14.0. The van der Waals surface area contributed by atoms with E-state index in [2.05, 4.69) is 10.1 Å². The molecule has 0 saturated carbocycles. The van der Waals surface area contributed by atoms with E-state index in [4.69, 9.17) is 4.74 Å². The summed E-state index contributed by atoms with van der Waals surface area (Å²) in [4.78, 5) is 4.58. The first-order valence-corrected chi connectivity index (χ1v) is 11.5. The van der Waals surface area contributed by atoms with Gasteiger partial charge in [0.15, 0.2) is 0 Å². The first-order valence-electron chi connectivity index (χ1n) is 10.1. The van der Waals surface area contributed by atoms with E-state index in [1.54, 1.807) is 35.3 Å². The molecule has 4 aromatic rings. The predicted molar refractivity (Wildman–Crippen MR) is 117 cm³/mol. The monoisotopic (exact) mass is 434 g/mol. The number of fused-ring (bicyclic) bond motifs is 2. The van der Waals surface area contributed by atoms with Crippen molar-refractivity contribution in [1.82, 2.24) is 19.1 Å². The van der Waals surface area contributed by atoms with Gasteiger partial charge in [0.25, 0.3) is 0 Å². The molecule has 7 nitrogen and oxygen atoms in total. The van der Waals surface area contributed by atoms with E-state index in [-0.39, 0.29) is 18.0 Å². The summed E-state index contributed by atoms with van der Waals surface area (Å²) >= 11 is 0. The number of hydrogen-bond donors (Lipinski definition) is 0. The molecule has 158 valence electrons. The summed E-state index contributed by atoms with van der Waals surface area (Å²) < 4.78 is 37.3. The minimum atomic E-state index is -3.87. The lowest BCUT2D eigenvalue weighted by molar-refractivity contribution is 0.0600. The molecule has 31 heavy (non-hydrogen) atoms. The highest BCUT2D eigenvalue weighted by molar-refractivity contribution is 7.89. The van der Waals surface area contributed by atoms with Gasteiger partial charge in [0, 0.05) is 30.5 Å². The van der Waals surface area contributed by atoms with Gasteiger partial charge in [-0.15, -0.1) is 0 Å². The van der Waals surface area contributed by atoms with Crippen molar-refractivity contribution in [3.63, 3.8) is 0 Å². The van der Waals surface area contributed by atoms with Crippen LogP contribution in [0.25, 0.3) is 10.9 Å². The standard InChI is InChI=1S/C23H22N4O3S/c28-31(29,22-10-3-8-18-9-4-11-24-23(18)22)27-14-19-6-1-2-7-20(19)16-30-17-21(27)15-26-13-5-12-25-26/h1-13,21H,14-17H2/t21-/m1/s1. The van der Waals surface area contributed by atoms with E-state index in [1.807, 2.05) is 48.7 Å². The molecule has 0 aliphatic carbocycles. The van der Waals surface area contributed by atoms with Gasteiger partial charge in [0.05, 0.1) is 31.3 Å². The highest BCUT2D eigenvalue weighted by Crippen LogP contribution is 2.29. The third-order valence-corrected chi connectivity index (χ3v) is 7.49. The average molecular weight is 435 g/mol. The number of benzene rings is 2. The zero-order valence-electron chi connectivity index (χ0n) is 16.8. The Kier molecular flexibility index (Phi) is 5.27. The normalized spacial score (nSPS) is 17.7. The van der Waals surface area contributed by atoms with Gasteiger partial charge >= 0.3 is 0 Å².